The number of nitrogens with two attached hydrogens (primary N) is 1. The number of carbonyl (C=O) groups excluding carboxylic acids is 2. The molecule has 7 atom stereocenters. The molecule has 5 fully saturated rings. The zero-order chi connectivity index (χ0) is 22.9. The van der Waals surface area contributed by atoms with Gasteiger partial charge in [0.2, 0.25) is 11.8 Å². The van der Waals surface area contributed by atoms with Crippen LogP contribution in [0.5, 0.6) is 0 Å². The molecule has 2 bridgehead atoms. The standard InChI is InChI=1S/C25H30FN5O2/c26-17-6-4-15(5-7-17)23(14-2-1-3-14)31-19-10-22(25(31)33)29(12-19)13-20(28)24(32)30-18(11-27)8-16-9-21(16)30/h4-7,14,16,18-23H,1-3,8-10,12-13,28H2/t16-,18+,19+,20+,21?,22+,23-/m1/s1. The van der Waals surface area contributed by atoms with Gasteiger partial charge in [0.1, 0.15) is 11.9 Å². The number of piperazine rings is 1. The molecule has 1 aromatic carbocycles. The fourth-order valence-electron chi connectivity index (χ4n) is 6.74. The maximum Gasteiger partial charge on any atom is 0.242 e. The van der Waals surface area contributed by atoms with Crippen LogP contribution in [0.15, 0.2) is 24.3 Å². The molecule has 1 unspecified atom stereocenters. The van der Waals surface area contributed by atoms with Crippen molar-refractivity contribution in [3.8, 4) is 6.07 Å². The van der Waals surface area contributed by atoms with Gasteiger partial charge in [-0.1, -0.05) is 18.6 Å². The van der Waals surface area contributed by atoms with Gasteiger partial charge in [-0.25, -0.2) is 4.39 Å². The second-order valence-corrected chi connectivity index (χ2v) is 10.6. The SMILES string of the molecule is N#C[C@@H]1C[C@@H]2CC2N1C(=O)[C@@H](N)CN1C[C@@H]2C[C@H]1C(=O)N2[C@@H](c1ccc(F)cc1)C1CCC1. The molecule has 2 aliphatic carbocycles. The van der Waals surface area contributed by atoms with Gasteiger partial charge < -0.3 is 15.5 Å². The number of fused-ring (bicyclic) bond motifs is 3. The van der Waals surface area contributed by atoms with Crippen molar-refractivity contribution >= 4 is 11.8 Å². The van der Waals surface area contributed by atoms with Crippen molar-refractivity contribution in [2.75, 3.05) is 13.1 Å². The average molecular weight is 452 g/mol. The molecule has 3 aliphatic heterocycles. The largest absolute Gasteiger partial charge is 0.330 e. The van der Waals surface area contributed by atoms with Crippen LogP contribution in [0, 0.1) is 29.0 Å². The highest BCUT2D eigenvalue weighted by atomic mass is 19.1. The molecule has 174 valence electrons. The lowest BCUT2D eigenvalue weighted by molar-refractivity contribution is -0.143. The molecule has 7 nitrogen and oxygen atoms in total. The van der Waals surface area contributed by atoms with E-state index in [0.29, 0.717) is 24.9 Å². The normalized spacial score (nSPS) is 34.7. The molecule has 5 aliphatic rings. The summed E-state index contributed by atoms with van der Waals surface area (Å²) in [5.74, 6) is 0.557. The molecular weight excluding hydrogens is 421 g/mol. The van der Waals surface area contributed by atoms with E-state index in [2.05, 4.69) is 11.0 Å². The smallest absolute Gasteiger partial charge is 0.242 e. The molecule has 2 saturated carbocycles. The molecule has 0 aromatic heterocycles. The number of carbonyl (C=O) groups is 2. The summed E-state index contributed by atoms with van der Waals surface area (Å²) in [6.45, 7) is 1.05. The van der Waals surface area contributed by atoms with Gasteiger partial charge in [0, 0.05) is 25.2 Å². The Morgan fingerprint density at radius 1 is 1.21 bits per heavy atom. The second-order valence-electron chi connectivity index (χ2n) is 10.6. The summed E-state index contributed by atoms with van der Waals surface area (Å²) in [6.07, 6.45) is 5.83. The first-order chi connectivity index (χ1) is 16.0. The molecule has 0 radical (unpaired) electrons. The predicted octanol–water partition coefficient (Wildman–Crippen LogP) is 1.79. The van der Waals surface area contributed by atoms with Gasteiger partial charge in [-0.15, -0.1) is 0 Å². The third kappa shape index (κ3) is 3.36. The number of nitriles is 1. The van der Waals surface area contributed by atoms with E-state index >= 15 is 0 Å². The molecular formula is C25H30FN5O2. The minimum Gasteiger partial charge on any atom is -0.330 e. The zero-order valence-electron chi connectivity index (χ0n) is 18.6. The number of likely N-dealkylation sites (tertiary alicyclic amines) is 3. The molecule has 2 amide bonds. The highest BCUT2D eigenvalue weighted by molar-refractivity contribution is 5.87. The van der Waals surface area contributed by atoms with Crippen molar-refractivity contribution in [3.05, 3.63) is 35.6 Å². The van der Waals surface area contributed by atoms with Gasteiger partial charge in [0.25, 0.3) is 0 Å². The van der Waals surface area contributed by atoms with E-state index in [-0.39, 0.29) is 47.8 Å². The average Bonchev–Trinajstić information content (AvgIpc) is 3.11. The quantitative estimate of drug-likeness (QED) is 0.712. The lowest BCUT2D eigenvalue weighted by Crippen LogP contribution is -2.58. The summed E-state index contributed by atoms with van der Waals surface area (Å²) in [4.78, 5) is 32.4. The van der Waals surface area contributed by atoms with E-state index in [4.69, 9.17) is 5.73 Å². The Kier molecular flexibility index (Phi) is 4.96. The summed E-state index contributed by atoms with van der Waals surface area (Å²) < 4.78 is 13.5. The summed E-state index contributed by atoms with van der Waals surface area (Å²) in [5, 5.41) is 9.40. The maximum atomic E-state index is 13.5. The van der Waals surface area contributed by atoms with Crippen molar-refractivity contribution in [2.45, 2.75) is 74.8 Å². The Bertz CT molecular complexity index is 1010. The summed E-state index contributed by atoms with van der Waals surface area (Å²) in [6, 6.07) is 7.77. The van der Waals surface area contributed by atoms with Crippen molar-refractivity contribution in [1.82, 2.24) is 14.7 Å². The minimum absolute atomic E-state index is 0.00732. The molecule has 6 rings (SSSR count). The van der Waals surface area contributed by atoms with Crippen LogP contribution in [0.1, 0.15) is 50.1 Å². The summed E-state index contributed by atoms with van der Waals surface area (Å²) >= 11 is 0. The van der Waals surface area contributed by atoms with E-state index < -0.39 is 6.04 Å². The van der Waals surface area contributed by atoms with Crippen LogP contribution in [-0.4, -0.2) is 69.8 Å². The number of amides is 2. The first-order valence-electron chi connectivity index (χ1n) is 12.3. The topological polar surface area (TPSA) is 93.7 Å². The minimum atomic E-state index is -0.722. The highest BCUT2D eigenvalue weighted by Gasteiger charge is 2.56. The Hall–Kier alpha value is -2.50. The number of piperidine rings is 1. The third-order valence-electron chi connectivity index (χ3n) is 8.68. The van der Waals surface area contributed by atoms with Crippen molar-refractivity contribution in [1.29, 1.82) is 5.26 Å². The number of rotatable bonds is 6. The van der Waals surface area contributed by atoms with Gasteiger partial charge in [0.05, 0.1) is 24.2 Å². The molecule has 1 aromatic rings. The van der Waals surface area contributed by atoms with Crippen molar-refractivity contribution < 1.29 is 14.0 Å². The third-order valence-corrected chi connectivity index (χ3v) is 8.68. The first-order valence-corrected chi connectivity index (χ1v) is 12.3. The van der Waals surface area contributed by atoms with Crippen LogP contribution in [0.4, 0.5) is 4.39 Å². The molecule has 33 heavy (non-hydrogen) atoms. The lowest BCUT2D eigenvalue weighted by atomic mass is 9.76. The van der Waals surface area contributed by atoms with Crippen LogP contribution in [-0.2, 0) is 9.59 Å². The van der Waals surface area contributed by atoms with E-state index in [1.807, 2.05) is 17.0 Å². The Labute approximate surface area is 193 Å². The number of hydrogen-bond acceptors (Lipinski definition) is 5. The van der Waals surface area contributed by atoms with E-state index in [0.717, 1.165) is 37.7 Å². The van der Waals surface area contributed by atoms with Crippen LogP contribution < -0.4 is 5.73 Å². The number of benzene rings is 1. The second kappa shape index (κ2) is 7.78. The monoisotopic (exact) mass is 451 g/mol. The maximum absolute atomic E-state index is 13.5. The lowest BCUT2D eigenvalue weighted by Gasteiger charge is -2.45. The molecule has 3 heterocycles. The van der Waals surface area contributed by atoms with Crippen molar-refractivity contribution in [2.24, 2.45) is 17.6 Å². The molecule has 3 saturated heterocycles. The van der Waals surface area contributed by atoms with Gasteiger partial charge in [-0.05, 0) is 61.6 Å². The van der Waals surface area contributed by atoms with Crippen LogP contribution >= 0.6 is 0 Å². The Morgan fingerprint density at radius 2 is 1.97 bits per heavy atom. The van der Waals surface area contributed by atoms with Gasteiger partial charge in [-0.3, -0.25) is 14.5 Å². The van der Waals surface area contributed by atoms with Gasteiger partial charge >= 0.3 is 0 Å². The molecule has 8 heteroatoms. The van der Waals surface area contributed by atoms with Crippen LogP contribution in [0.25, 0.3) is 0 Å². The number of hydrogen-bond donors (Lipinski definition) is 1. The number of halogens is 1. The summed E-state index contributed by atoms with van der Waals surface area (Å²) in [5.41, 5.74) is 7.34. The van der Waals surface area contributed by atoms with Crippen LogP contribution in [0.2, 0.25) is 0 Å². The van der Waals surface area contributed by atoms with Crippen molar-refractivity contribution in [3.63, 3.8) is 0 Å². The van der Waals surface area contributed by atoms with Gasteiger partial charge in [-0.2, -0.15) is 5.26 Å². The molecule has 2 N–H and O–H groups in total. The highest BCUT2D eigenvalue weighted by Crippen LogP contribution is 2.49. The van der Waals surface area contributed by atoms with E-state index in [9.17, 15) is 19.2 Å². The summed E-state index contributed by atoms with van der Waals surface area (Å²) in [7, 11) is 0. The first kappa shape index (κ1) is 21.1. The number of nitrogens with zero attached hydrogens (tertiary/aromatic N) is 4. The van der Waals surface area contributed by atoms with Crippen LogP contribution in [0.3, 0.4) is 0 Å². The fourth-order valence-corrected chi connectivity index (χ4v) is 6.74. The predicted molar refractivity (Wildman–Crippen MR) is 118 cm³/mol. The fraction of sp³-hybridized carbons (Fsp3) is 0.640. The Morgan fingerprint density at radius 3 is 2.61 bits per heavy atom. The Balaban J connectivity index is 1.15. The van der Waals surface area contributed by atoms with E-state index in [1.165, 1.54) is 18.6 Å². The zero-order valence-corrected chi connectivity index (χ0v) is 18.6. The molecule has 0 spiro atoms. The van der Waals surface area contributed by atoms with E-state index in [1.54, 1.807) is 4.90 Å². The van der Waals surface area contributed by atoms with Gasteiger partial charge in [0.15, 0.2) is 0 Å².